The molecule has 1 heterocycles. The Bertz CT molecular complexity index is 433. The number of β-amino-alcohol motifs (C(OH)–C–C–N with tert-alkyl or cyclic N) is 1. The fraction of sp³-hybridized carbons (Fsp3) is 0.417. The van der Waals surface area contributed by atoms with Crippen molar-refractivity contribution in [3.63, 3.8) is 0 Å². The van der Waals surface area contributed by atoms with Crippen molar-refractivity contribution < 1.29 is 19.7 Å². The first-order valence-corrected chi connectivity index (χ1v) is 5.46. The average Bonchev–Trinajstić information content (AvgIpc) is 2.75. The fourth-order valence-electron chi connectivity index (χ4n) is 1.92. The number of rotatable bonds is 2. The molecule has 0 saturated carbocycles. The molecular formula is C12H15NO4. The largest absolute Gasteiger partial charge is 0.507 e. The Kier molecular flexibility index (Phi) is 3.19. The quantitative estimate of drug-likeness (QED) is 0.790. The molecule has 92 valence electrons. The average molecular weight is 237 g/mol. The lowest BCUT2D eigenvalue weighted by molar-refractivity contribution is 0.0762. The predicted molar refractivity (Wildman–Crippen MR) is 61.2 cm³/mol. The molecule has 0 aliphatic carbocycles. The lowest BCUT2D eigenvalue weighted by atomic mass is 10.1. The molecule has 1 aromatic rings. The van der Waals surface area contributed by atoms with E-state index in [2.05, 4.69) is 0 Å². The summed E-state index contributed by atoms with van der Waals surface area (Å²) in [6, 6.07) is 4.56. The molecule has 1 saturated heterocycles. The Balaban J connectivity index is 2.19. The molecule has 17 heavy (non-hydrogen) atoms. The zero-order valence-corrected chi connectivity index (χ0v) is 9.59. The second kappa shape index (κ2) is 4.63. The van der Waals surface area contributed by atoms with E-state index >= 15 is 0 Å². The first kappa shape index (κ1) is 11.7. The normalized spacial score (nSPS) is 19.4. The van der Waals surface area contributed by atoms with E-state index in [-0.39, 0.29) is 17.2 Å². The maximum absolute atomic E-state index is 12.0. The van der Waals surface area contributed by atoms with Crippen molar-refractivity contribution >= 4 is 5.91 Å². The van der Waals surface area contributed by atoms with Crippen molar-refractivity contribution in [2.45, 2.75) is 12.5 Å². The van der Waals surface area contributed by atoms with Gasteiger partial charge in [0.1, 0.15) is 11.5 Å². The molecule has 1 fully saturated rings. The third kappa shape index (κ3) is 2.34. The molecule has 2 rings (SSSR count). The summed E-state index contributed by atoms with van der Waals surface area (Å²) in [6.45, 7) is 0.843. The number of methoxy groups -OCH3 is 1. The van der Waals surface area contributed by atoms with Crippen molar-refractivity contribution in [3.8, 4) is 11.5 Å². The third-order valence-corrected chi connectivity index (χ3v) is 2.89. The Morgan fingerprint density at radius 2 is 2.29 bits per heavy atom. The number of hydrogen-bond acceptors (Lipinski definition) is 4. The molecule has 1 aromatic carbocycles. The molecule has 0 unspecified atom stereocenters. The van der Waals surface area contributed by atoms with E-state index in [0.717, 1.165) is 0 Å². The molecule has 1 aliphatic rings. The van der Waals surface area contributed by atoms with Crippen molar-refractivity contribution in [2.75, 3.05) is 20.2 Å². The van der Waals surface area contributed by atoms with Crippen LogP contribution >= 0.6 is 0 Å². The number of carbonyl (C=O) groups is 1. The topological polar surface area (TPSA) is 70.0 Å². The summed E-state index contributed by atoms with van der Waals surface area (Å²) in [6.07, 6.45) is 0.127. The van der Waals surface area contributed by atoms with Crippen molar-refractivity contribution in [1.29, 1.82) is 0 Å². The first-order chi connectivity index (χ1) is 8.11. The highest BCUT2D eigenvalue weighted by Gasteiger charge is 2.26. The minimum absolute atomic E-state index is 0.101. The van der Waals surface area contributed by atoms with Crippen LogP contribution in [0, 0.1) is 0 Å². The summed E-state index contributed by atoms with van der Waals surface area (Å²) in [5.41, 5.74) is 0.236. The molecule has 0 bridgehead atoms. The number of phenolic OH excluding ortho intramolecular Hbond substituents is 1. The second-order valence-corrected chi connectivity index (χ2v) is 4.08. The van der Waals surface area contributed by atoms with Gasteiger partial charge >= 0.3 is 0 Å². The molecule has 2 N–H and O–H groups in total. The van der Waals surface area contributed by atoms with Crippen molar-refractivity contribution in [1.82, 2.24) is 4.90 Å². The monoisotopic (exact) mass is 237 g/mol. The lowest BCUT2D eigenvalue weighted by Gasteiger charge is -2.16. The lowest BCUT2D eigenvalue weighted by Crippen LogP contribution is -2.29. The number of nitrogens with zero attached hydrogens (tertiary/aromatic N) is 1. The first-order valence-electron chi connectivity index (χ1n) is 5.46. The smallest absolute Gasteiger partial charge is 0.257 e. The van der Waals surface area contributed by atoms with Gasteiger partial charge in [0.25, 0.3) is 5.91 Å². The maximum Gasteiger partial charge on any atom is 0.257 e. The van der Waals surface area contributed by atoms with Crippen LogP contribution < -0.4 is 4.74 Å². The fourth-order valence-corrected chi connectivity index (χ4v) is 1.92. The predicted octanol–water partition coefficient (Wildman–Crippen LogP) is 0.608. The van der Waals surface area contributed by atoms with Gasteiger partial charge in [0.2, 0.25) is 0 Å². The van der Waals surface area contributed by atoms with Gasteiger partial charge in [-0.3, -0.25) is 4.79 Å². The van der Waals surface area contributed by atoms with E-state index in [1.165, 1.54) is 24.1 Å². The van der Waals surface area contributed by atoms with E-state index in [4.69, 9.17) is 4.74 Å². The summed E-state index contributed by atoms with van der Waals surface area (Å²) >= 11 is 0. The van der Waals surface area contributed by atoms with Crippen LogP contribution in [-0.4, -0.2) is 47.3 Å². The highest BCUT2D eigenvalue weighted by atomic mass is 16.5. The van der Waals surface area contributed by atoms with Crippen LogP contribution in [0.4, 0.5) is 0 Å². The van der Waals surface area contributed by atoms with E-state index in [9.17, 15) is 15.0 Å². The highest BCUT2D eigenvalue weighted by Crippen LogP contribution is 2.25. The molecular weight excluding hydrogens is 222 g/mol. The number of aliphatic hydroxyl groups is 1. The molecule has 1 amide bonds. The minimum Gasteiger partial charge on any atom is -0.507 e. The van der Waals surface area contributed by atoms with E-state index in [0.29, 0.717) is 25.3 Å². The minimum atomic E-state index is -0.459. The highest BCUT2D eigenvalue weighted by molar-refractivity contribution is 5.97. The molecule has 1 atom stereocenters. The Hall–Kier alpha value is -1.75. The van der Waals surface area contributed by atoms with Gasteiger partial charge in [-0.25, -0.2) is 0 Å². The summed E-state index contributed by atoms with van der Waals surface area (Å²) in [5, 5.41) is 19.1. The number of phenols is 1. The number of aliphatic hydroxyl groups excluding tert-OH is 1. The van der Waals surface area contributed by atoms with Crippen molar-refractivity contribution in [3.05, 3.63) is 23.8 Å². The number of likely N-dealkylation sites (tertiary alicyclic amines) is 1. The molecule has 0 radical (unpaired) electrons. The van der Waals surface area contributed by atoms with Crippen LogP contribution in [0.3, 0.4) is 0 Å². The maximum atomic E-state index is 12.0. The van der Waals surface area contributed by atoms with Crippen LogP contribution in [0.2, 0.25) is 0 Å². The standard InChI is InChI=1S/C12H15NO4/c1-17-9-2-3-10(11(15)6-9)12(16)13-5-4-8(14)7-13/h2-3,6,8,14-15H,4-5,7H2,1H3/t8-/m1/s1. The molecule has 1 aliphatic heterocycles. The summed E-state index contributed by atoms with van der Waals surface area (Å²) in [7, 11) is 1.49. The molecule has 5 heteroatoms. The number of carbonyl (C=O) groups excluding carboxylic acids is 1. The number of benzene rings is 1. The SMILES string of the molecule is COc1ccc(C(=O)N2CC[C@@H](O)C2)c(O)c1. The molecule has 5 nitrogen and oxygen atoms in total. The Labute approximate surface area is 99.2 Å². The van der Waals surface area contributed by atoms with Gasteiger partial charge in [-0.15, -0.1) is 0 Å². The van der Waals surface area contributed by atoms with Gasteiger partial charge in [-0.2, -0.15) is 0 Å². The molecule has 0 aromatic heterocycles. The van der Waals surface area contributed by atoms with Gasteiger partial charge in [0.15, 0.2) is 0 Å². The van der Waals surface area contributed by atoms with E-state index in [1.54, 1.807) is 6.07 Å². The van der Waals surface area contributed by atoms with Crippen LogP contribution in [0.5, 0.6) is 11.5 Å². The van der Waals surface area contributed by atoms with Crippen LogP contribution in [0.25, 0.3) is 0 Å². The van der Waals surface area contributed by atoms with Gasteiger partial charge in [-0.1, -0.05) is 0 Å². The second-order valence-electron chi connectivity index (χ2n) is 4.08. The number of aromatic hydroxyl groups is 1. The van der Waals surface area contributed by atoms with Crippen LogP contribution in [0.15, 0.2) is 18.2 Å². The number of amides is 1. The summed E-state index contributed by atoms with van der Waals surface area (Å²) in [4.78, 5) is 13.6. The Morgan fingerprint density at radius 1 is 1.53 bits per heavy atom. The van der Waals surface area contributed by atoms with Gasteiger partial charge in [0, 0.05) is 19.2 Å². The van der Waals surface area contributed by atoms with Crippen LogP contribution in [-0.2, 0) is 0 Å². The summed E-state index contributed by atoms with van der Waals surface area (Å²) < 4.78 is 4.95. The zero-order valence-electron chi connectivity index (χ0n) is 9.59. The molecule has 0 spiro atoms. The number of hydrogen-bond donors (Lipinski definition) is 2. The third-order valence-electron chi connectivity index (χ3n) is 2.89. The van der Waals surface area contributed by atoms with Crippen molar-refractivity contribution in [2.24, 2.45) is 0 Å². The number of ether oxygens (including phenoxy) is 1. The van der Waals surface area contributed by atoms with E-state index in [1.807, 2.05) is 0 Å². The van der Waals surface area contributed by atoms with Gasteiger partial charge < -0.3 is 19.8 Å². The summed E-state index contributed by atoms with van der Waals surface area (Å²) in [5.74, 6) is 0.137. The van der Waals surface area contributed by atoms with Crippen LogP contribution in [0.1, 0.15) is 16.8 Å². The van der Waals surface area contributed by atoms with Gasteiger partial charge in [0.05, 0.1) is 18.8 Å². The Morgan fingerprint density at radius 3 is 2.82 bits per heavy atom. The zero-order chi connectivity index (χ0) is 12.4. The van der Waals surface area contributed by atoms with Gasteiger partial charge in [-0.05, 0) is 18.6 Å². The van der Waals surface area contributed by atoms with E-state index < -0.39 is 6.10 Å².